The molecule has 1 aliphatic rings. The second-order valence-electron chi connectivity index (χ2n) is 7.62. The normalized spacial score (nSPS) is 18.7. The maximum absolute atomic E-state index is 11.9. The van der Waals surface area contributed by atoms with Crippen molar-refractivity contribution < 1.29 is 9.53 Å². The number of carbonyl (C=O) groups is 1. The van der Waals surface area contributed by atoms with Crippen LogP contribution >= 0.6 is 0 Å². The summed E-state index contributed by atoms with van der Waals surface area (Å²) in [4.78, 5) is 16.4. The van der Waals surface area contributed by atoms with Crippen molar-refractivity contribution in [2.75, 3.05) is 17.7 Å². The van der Waals surface area contributed by atoms with Crippen LogP contribution in [0.4, 0.5) is 17.5 Å². The first kappa shape index (κ1) is 20.8. The molecule has 1 aliphatic carbocycles. The Kier molecular flexibility index (Phi) is 5.85. The van der Waals surface area contributed by atoms with E-state index in [4.69, 9.17) is 16.2 Å². The molecule has 3 aromatic rings. The molecule has 6 N–H and O–H groups in total. The standard InChI is InChI=1S/C20H27N9O2/c1-3-29-10-12-15(28-29)8-11(9-16(12)31-2)23-19-17(18(22)30)26-27-20(25-19)24-14-7-5-4-6-13(14)21/h8-10,13-14H,3-7,21H2,1-2H3,(H2,22,30)(H2,23,24,25,27)/t13-,14+/m0/s1. The number of aromatic nitrogens is 5. The van der Waals surface area contributed by atoms with Gasteiger partial charge >= 0.3 is 0 Å². The highest BCUT2D eigenvalue weighted by atomic mass is 16.5. The molecule has 0 saturated heterocycles. The first-order chi connectivity index (χ1) is 15.0. The van der Waals surface area contributed by atoms with Gasteiger partial charge in [-0.05, 0) is 25.8 Å². The number of hydrogen-bond acceptors (Lipinski definition) is 9. The lowest BCUT2D eigenvalue weighted by Crippen LogP contribution is -2.43. The predicted octanol–water partition coefficient (Wildman–Crippen LogP) is 1.77. The number of nitrogens with one attached hydrogen (secondary N) is 2. The molecule has 0 radical (unpaired) electrons. The van der Waals surface area contributed by atoms with Crippen molar-refractivity contribution in [2.24, 2.45) is 11.5 Å². The number of hydrogen-bond donors (Lipinski definition) is 4. The Hall–Kier alpha value is -3.47. The van der Waals surface area contributed by atoms with Crippen molar-refractivity contribution in [3.63, 3.8) is 0 Å². The predicted molar refractivity (Wildman–Crippen MR) is 117 cm³/mol. The highest BCUT2D eigenvalue weighted by molar-refractivity contribution is 5.97. The summed E-state index contributed by atoms with van der Waals surface area (Å²) in [6.45, 7) is 2.75. The number of ether oxygens (including phenoxy) is 1. The number of amides is 1. The van der Waals surface area contributed by atoms with Crippen LogP contribution in [0, 0.1) is 0 Å². The third-order valence-corrected chi connectivity index (χ3v) is 5.50. The van der Waals surface area contributed by atoms with E-state index in [2.05, 4.69) is 30.9 Å². The molecule has 1 amide bonds. The molecule has 1 fully saturated rings. The van der Waals surface area contributed by atoms with E-state index in [0.717, 1.165) is 43.1 Å². The molecule has 11 heteroatoms. The fourth-order valence-electron chi connectivity index (χ4n) is 3.83. The average Bonchev–Trinajstić information content (AvgIpc) is 3.18. The van der Waals surface area contributed by atoms with Gasteiger partial charge in [-0.15, -0.1) is 10.2 Å². The van der Waals surface area contributed by atoms with Crippen molar-refractivity contribution in [2.45, 2.75) is 51.2 Å². The Labute approximate surface area is 179 Å². The zero-order valence-electron chi connectivity index (χ0n) is 17.6. The number of primary amides is 1. The molecular weight excluding hydrogens is 398 g/mol. The fourth-order valence-corrected chi connectivity index (χ4v) is 3.83. The molecule has 1 saturated carbocycles. The number of anilines is 3. The van der Waals surface area contributed by atoms with E-state index < -0.39 is 5.91 Å². The van der Waals surface area contributed by atoms with Crippen molar-refractivity contribution in [1.82, 2.24) is 25.0 Å². The van der Waals surface area contributed by atoms with Crippen LogP contribution in [0.3, 0.4) is 0 Å². The van der Waals surface area contributed by atoms with E-state index in [1.54, 1.807) is 13.2 Å². The van der Waals surface area contributed by atoms with Gasteiger partial charge in [-0.1, -0.05) is 12.8 Å². The summed E-state index contributed by atoms with van der Waals surface area (Å²) in [7, 11) is 1.60. The lowest BCUT2D eigenvalue weighted by atomic mass is 9.91. The second-order valence-corrected chi connectivity index (χ2v) is 7.62. The number of methoxy groups -OCH3 is 1. The largest absolute Gasteiger partial charge is 0.496 e. The molecule has 1 aromatic carbocycles. The third kappa shape index (κ3) is 4.36. The van der Waals surface area contributed by atoms with Crippen molar-refractivity contribution in [3.8, 4) is 5.75 Å². The van der Waals surface area contributed by atoms with Gasteiger partial charge in [-0.2, -0.15) is 10.1 Å². The Morgan fingerprint density at radius 1 is 1.29 bits per heavy atom. The lowest BCUT2D eigenvalue weighted by molar-refractivity contribution is 0.0995. The number of benzene rings is 1. The Bertz CT molecular complexity index is 1100. The van der Waals surface area contributed by atoms with Gasteiger partial charge in [-0.3, -0.25) is 9.48 Å². The van der Waals surface area contributed by atoms with Gasteiger partial charge in [0.15, 0.2) is 11.5 Å². The van der Waals surface area contributed by atoms with E-state index in [9.17, 15) is 4.79 Å². The molecule has 2 heterocycles. The first-order valence-corrected chi connectivity index (χ1v) is 10.4. The number of aryl methyl sites for hydroxylation is 1. The molecule has 2 atom stereocenters. The minimum Gasteiger partial charge on any atom is -0.496 e. The number of nitrogens with zero attached hydrogens (tertiary/aromatic N) is 5. The van der Waals surface area contributed by atoms with Gasteiger partial charge in [0.2, 0.25) is 5.95 Å². The fraction of sp³-hybridized carbons (Fsp3) is 0.450. The quantitative estimate of drug-likeness (QED) is 0.442. The van der Waals surface area contributed by atoms with Gasteiger partial charge in [0, 0.05) is 36.6 Å². The molecule has 4 rings (SSSR count). The molecule has 11 nitrogen and oxygen atoms in total. The Balaban J connectivity index is 1.66. The van der Waals surface area contributed by atoms with Crippen LogP contribution < -0.4 is 26.8 Å². The van der Waals surface area contributed by atoms with Crippen LogP contribution in [-0.2, 0) is 6.54 Å². The topological polar surface area (TPSA) is 159 Å². The van der Waals surface area contributed by atoms with Crippen LogP contribution in [0.1, 0.15) is 43.1 Å². The van der Waals surface area contributed by atoms with Gasteiger partial charge in [-0.25, -0.2) is 0 Å². The van der Waals surface area contributed by atoms with E-state index in [1.807, 2.05) is 23.9 Å². The number of nitrogens with two attached hydrogens (primary N) is 2. The summed E-state index contributed by atoms with van der Waals surface area (Å²) in [6, 6.07) is 3.73. The molecule has 0 unspecified atom stereocenters. The molecule has 31 heavy (non-hydrogen) atoms. The zero-order chi connectivity index (χ0) is 22.0. The molecule has 0 aliphatic heterocycles. The summed E-state index contributed by atoms with van der Waals surface area (Å²) < 4.78 is 7.34. The highest BCUT2D eigenvalue weighted by Gasteiger charge is 2.23. The monoisotopic (exact) mass is 425 g/mol. The number of rotatable bonds is 7. The molecule has 0 bridgehead atoms. The Morgan fingerprint density at radius 2 is 2.10 bits per heavy atom. The molecule has 0 spiro atoms. The third-order valence-electron chi connectivity index (χ3n) is 5.50. The smallest absolute Gasteiger partial charge is 0.273 e. The van der Waals surface area contributed by atoms with Crippen molar-refractivity contribution in [3.05, 3.63) is 24.0 Å². The summed E-state index contributed by atoms with van der Waals surface area (Å²) in [5, 5.41) is 19.8. The lowest BCUT2D eigenvalue weighted by Gasteiger charge is -2.29. The van der Waals surface area contributed by atoms with E-state index in [1.165, 1.54) is 0 Å². The van der Waals surface area contributed by atoms with Crippen LogP contribution in [0.15, 0.2) is 18.3 Å². The second kappa shape index (κ2) is 8.72. The minimum absolute atomic E-state index is 0.0184. The molecule has 2 aromatic heterocycles. The van der Waals surface area contributed by atoms with Crippen molar-refractivity contribution in [1.29, 1.82) is 0 Å². The summed E-state index contributed by atoms with van der Waals surface area (Å²) in [5.74, 6) is 0.407. The van der Waals surface area contributed by atoms with E-state index in [0.29, 0.717) is 11.4 Å². The summed E-state index contributed by atoms with van der Waals surface area (Å²) in [5.41, 5.74) is 13.0. The van der Waals surface area contributed by atoms with Gasteiger partial charge in [0.25, 0.3) is 5.91 Å². The minimum atomic E-state index is -0.730. The van der Waals surface area contributed by atoms with Crippen molar-refractivity contribution >= 4 is 34.3 Å². The maximum Gasteiger partial charge on any atom is 0.273 e. The average molecular weight is 425 g/mol. The van der Waals surface area contributed by atoms with Gasteiger partial charge < -0.3 is 26.8 Å². The van der Waals surface area contributed by atoms with E-state index >= 15 is 0 Å². The van der Waals surface area contributed by atoms with Gasteiger partial charge in [0.1, 0.15) is 5.75 Å². The van der Waals surface area contributed by atoms with Crippen LogP contribution in [0.2, 0.25) is 0 Å². The van der Waals surface area contributed by atoms with E-state index in [-0.39, 0.29) is 29.5 Å². The molecule has 164 valence electrons. The van der Waals surface area contributed by atoms with Gasteiger partial charge in [0.05, 0.1) is 18.0 Å². The van der Waals surface area contributed by atoms with Crippen LogP contribution in [0.25, 0.3) is 10.9 Å². The zero-order valence-corrected chi connectivity index (χ0v) is 17.6. The molecular formula is C20H27N9O2. The van der Waals surface area contributed by atoms with Crippen LogP contribution in [0.5, 0.6) is 5.75 Å². The van der Waals surface area contributed by atoms with Crippen LogP contribution in [-0.4, -0.2) is 50.1 Å². The highest BCUT2D eigenvalue weighted by Crippen LogP contribution is 2.31. The SMILES string of the molecule is CCn1cc2c(OC)cc(Nc3nc(N[C@@H]4CCCC[C@@H]4N)nnc3C(N)=O)cc2n1. The maximum atomic E-state index is 11.9. The number of carbonyl (C=O) groups excluding carboxylic acids is 1. The summed E-state index contributed by atoms with van der Waals surface area (Å²) in [6.07, 6.45) is 6.00. The summed E-state index contributed by atoms with van der Waals surface area (Å²) >= 11 is 0. The first-order valence-electron chi connectivity index (χ1n) is 10.4. The number of fused-ring (bicyclic) bond motifs is 1. The Morgan fingerprint density at radius 3 is 2.81 bits per heavy atom.